The topological polar surface area (TPSA) is 55.8 Å². The van der Waals surface area contributed by atoms with Gasteiger partial charge in [-0.15, -0.1) is 0 Å². The lowest BCUT2D eigenvalue weighted by atomic mass is 10.0. The highest BCUT2D eigenvalue weighted by Gasteiger charge is 2.13. The Morgan fingerprint density at radius 3 is 2.70 bits per heavy atom. The van der Waals surface area contributed by atoms with Gasteiger partial charge in [0.2, 0.25) is 0 Å². The molecule has 0 bridgehead atoms. The summed E-state index contributed by atoms with van der Waals surface area (Å²) in [6, 6.07) is 11.6. The Hall–Kier alpha value is -2.07. The van der Waals surface area contributed by atoms with E-state index in [0.717, 1.165) is 10.8 Å². The maximum atomic E-state index is 11.1. The first-order valence-corrected chi connectivity index (χ1v) is 6.53. The third kappa shape index (κ3) is 3.08. The van der Waals surface area contributed by atoms with Crippen LogP contribution in [0.4, 0.5) is 0 Å². The molecule has 20 heavy (non-hydrogen) atoms. The number of hydrogen-bond acceptors (Lipinski definition) is 4. The molecule has 0 radical (unpaired) electrons. The zero-order chi connectivity index (χ0) is 14.5. The van der Waals surface area contributed by atoms with Gasteiger partial charge < -0.3 is 14.6 Å². The minimum Gasteiger partial charge on any atom is -0.492 e. The van der Waals surface area contributed by atoms with Crippen molar-refractivity contribution in [2.45, 2.75) is 19.4 Å². The number of carbonyl (C=O) groups excluding carboxylic acids is 1. The minimum absolute atomic E-state index is 0.180. The van der Waals surface area contributed by atoms with Crippen molar-refractivity contribution in [3.8, 4) is 5.75 Å². The second-order valence-corrected chi connectivity index (χ2v) is 4.56. The van der Waals surface area contributed by atoms with Crippen LogP contribution < -0.4 is 4.74 Å². The second-order valence-electron chi connectivity index (χ2n) is 4.56. The average Bonchev–Trinajstić information content (AvgIpc) is 2.46. The molecule has 0 amide bonds. The molecule has 2 rings (SSSR count). The van der Waals surface area contributed by atoms with Gasteiger partial charge in [-0.1, -0.05) is 36.4 Å². The van der Waals surface area contributed by atoms with Crippen molar-refractivity contribution in [1.29, 1.82) is 0 Å². The van der Waals surface area contributed by atoms with Gasteiger partial charge in [-0.05, 0) is 12.3 Å². The Morgan fingerprint density at radius 2 is 2.00 bits per heavy atom. The van der Waals surface area contributed by atoms with E-state index in [0.29, 0.717) is 11.3 Å². The Balaban J connectivity index is 2.32. The molecule has 4 heteroatoms. The van der Waals surface area contributed by atoms with Gasteiger partial charge in [0.05, 0.1) is 26.2 Å². The van der Waals surface area contributed by atoms with Crippen molar-refractivity contribution in [2.24, 2.45) is 0 Å². The van der Waals surface area contributed by atoms with Crippen LogP contribution in [0.2, 0.25) is 0 Å². The van der Waals surface area contributed by atoms with Crippen molar-refractivity contribution in [3.05, 3.63) is 42.0 Å². The Morgan fingerprint density at radius 1 is 1.25 bits per heavy atom. The van der Waals surface area contributed by atoms with Crippen molar-refractivity contribution < 1.29 is 19.4 Å². The summed E-state index contributed by atoms with van der Waals surface area (Å²) in [4.78, 5) is 11.1. The molecule has 0 aliphatic carbocycles. The second kappa shape index (κ2) is 6.39. The molecular formula is C16H18O4. The number of hydrogen-bond donors (Lipinski definition) is 1. The van der Waals surface area contributed by atoms with E-state index in [9.17, 15) is 9.90 Å². The first-order chi connectivity index (χ1) is 9.63. The highest BCUT2D eigenvalue weighted by molar-refractivity contribution is 5.89. The first kappa shape index (κ1) is 14.3. The van der Waals surface area contributed by atoms with Crippen LogP contribution in [0.1, 0.15) is 25.0 Å². The van der Waals surface area contributed by atoms with Crippen molar-refractivity contribution >= 4 is 16.7 Å². The fourth-order valence-corrected chi connectivity index (χ4v) is 2.09. The summed E-state index contributed by atoms with van der Waals surface area (Å²) in [5.41, 5.74) is 0.716. The number of benzene rings is 2. The number of esters is 1. The van der Waals surface area contributed by atoms with Crippen molar-refractivity contribution in [2.75, 3.05) is 13.7 Å². The van der Waals surface area contributed by atoms with Crippen molar-refractivity contribution in [1.82, 2.24) is 0 Å². The van der Waals surface area contributed by atoms with E-state index in [2.05, 4.69) is 4.74 Å². The maximum absolute atomic E-state index is 11.1. The van der Waals surface area contributed by atoms with Crippen LogP contribution in [-0.2, 0) is 9.53 Å². The lowest BCUT2D eigenvalue weighted by Crippen LogP contribution is -2.09. The Kier molecular flexibility index (Phi) is 4.58. The molecule has 4 nitrogen and oxygen atoms in total. The standard InChI is InChI=1S/C16H18O4/c1-11(17)13-8-7-12-5-3-4-6-14(12)16(13)20-10-9-15(18)19-2/h3-8,11,17H,9-10H2,1-2H3/t11-/m0/s1. The number of ether oxygens (including phenoxy) is 2. The number of aliphatic hydroxyl groups excluding tert-OH is 1. The van der Waals surface area contributed by atoms with E-state index < -0.39 is 6.10 Å². The third-order valence-electron chi connectivity index (χ3n) is 3.14. The third-order valence-corrected chi connectivity index (χ3v) is 3.14. The maximum Gasteiger partial charge on any atom is 0.308 e. The fourth-order valence-electron chi connectivity index (χ4n) is 2.09. The molecule has 0 spiro atoms. The molecule has 2 aromatic carbocycles. The van der Waals surface area contributed by atoms with Crippen LogP contribution in [0.25, 0.3) is 10.8 Å². The molecule has 0 aliphatic heterocycles. The molecule has 1 atom stereocenters. The number of methoxy groups -OCH3 is 1. The SMILES string of the molecule is COC(=O)CCOc1c([C@H](C)O)ccc2ccccc12. The van der Waals surface area contributed by atoms with Crippen LogP contribution in [0.5, 0.6) is 5.75 Å². The van der Waals surface area contributed by atoms with Crippen molar-refractivity contribution in [3.63, 3.8) is 0 Å². The van der Waals surface area contributed by atoms with Crippen LogP contribution in [0, 0.1) is 0 Å². The zero-order valence-corrected chi connectivity index (χ0v) is 11.6. The molecule has 0 saturated heterocycles. The summed E-state index contributed by atoms with van der Waals surface area (Å²) in [6.07, 6.45) is -0.452. The van der Waals surface area contributed by atoms with Gasteiger partial charge in [0.15, 0.2) is 0 Å². The molecule has 0 heterocycles. The molecule has 0 aliphatic rings. The quantitative estimate of drug-likeness (QED) is 0.852. The molecule has 2 aromatic rings. The number of fused-ring (bicyclic) bond motifs is 1. The van der Waals surface area contributed by atoms with Gasteiger partial charge in [0, 0.05) is 10.9 Å². The van der Waals surface area contributed by atoms with Gasteiger partial charge >= 0.3 is 5.97 Å². The average molecular weight is 274 g/mol. The number of carbonyl (C=O) groups is 1. The predicted molar refractivity (Wildman–Crippen MR) is 76.7 cm³/mol. The molecule has 0 aromatic heterocycles. The van der Waals surface area contributed by atoms with Gasteiger partial charge in [-0.3, -0.25) is 4.79 Å². The molecule has 0 fully saturated rings. The minimum atomic E-state index is -0.632. The van der Waals surface area contributed by atoms with E-state index in [1.165, 1.54) is 7.11 Å². The monoisotopic (exact) mass is 274 g/mol. The largest absolute Gasteiger partial charge is 0.492 e. The normalized spacial score (nSPS) is 12.2. The molecule has 1 N–H and O–H groups in total. The van der Waals surface area contributed by atoms with Gasteiger partial charge in [-0.2, -0.15) is 0 Å². The van der Waals surface area contributed by atoms with E-state index >= 15 is 0 Å². The van der Waals surface area contributed by atoms with Crippen LogP contribution in [-0.4, -0.2) is 24.8 Å². The summed E-state index contributed by atoms with van der Waals surface area (Å²) in [5.74, 6) is 0.311. The van der Waals surface area contributed by atoms with Crippen LogP contribution in [0.15, 0.2) is 36.4 Å². The zero-order valence-electron chi connectivity index (χ0n) is 11.6. The smallest absolute Gasteiger partial charge is 0.308 e. The molecular weight excluding hydrogens is 256 g/mol. The summed E-state index contributed by atoms with van der Waals surface area (Å²) >= 11 is 0. The summed E-state index contributed by atoms with van der Waals surface area (Å²) < 4.78 is 10.3. The van der Waals surface area contributed by atoms with Gasteiger partial charge in [-0.25, -0.2) is 0 Å². The van der Waals surface area contributed by atoms with Crippen LogP contribution >= 0.6 is 0 Å². The Labute approximate surface area is 117 Å². The predicted octanol–water partition coefficient (Wildman–Crippen LogP) is 2.84. The number of aliphatic hydroxyl groups is 1. The lowest BCUT2D eigenvalue weighted by Gasteiger charge is -2.16. The summed E-state index contributed by atoms with van der Waals surface area (Å²) in [7, 11) is 1.35. The lowest BCUT2D eigenvalue weighted by molar-refractivity contribution is -0.141. The van der Waals surface area contributed by atoms with E-state index in [-0.39, 0.29) is 19.0 Å². The molecule has 106 valence electrons. The summed E-state index contributed by atoms with van der Waals surface area (Å²) in [6.45, 7) is 1.91. The molecule has 0 unspecified atom stereocenters. The van der Waals surface area contributed by atoms with E-state index in [4.69, 9.17) is 4.74 Å². The van der Waals surface area contributed by atoms with Gasteiger partial charge in [0.25, 0.3) is 0 Å². The highest BCUT2D eigenvalue weighted by Crippen LogP contribution is 2.33. The first-order valence-electron chi connectivity index (χ1n) is 6.53. The van der Waals surface area contributed by atoms with Crippen LogP contribution in [0.3, 0.4) is 0 Å². The van der Waals surface area contributed by atoms with Gasteiger partial charge in [0.1, 0.15) is 5.75 Å². The molecule has 0 saturated carbocycles. The van der Waals surface area contributed by atoms with E-state index in [1.54, 1.807) is 6.92 Å². The summed E-state index contributed by atoms with van der Waals surface area (Å²) in [5, 5.41) is 11.8. The van der Waals surface area contributed by atoms with E-state index in [1.807, 2.05) is 36.4 Å². The Bertz CT molecular complexity index is 604. The highest BCUT2D eigenvalue weighted by atomic mass is 16.5. The fraction of sp³-hybridized carbons (Fsp3) is 0.312. The number of rotatable bonds is 5.